The number of likely N-dealkylation sites (tertiary alicyclic amines) is 1. The average molecular weight is 475 g/mol. The Balaban J connectivity index is 1.47. The summed E-state index contributed by atoms with van der Waals surface area (Å²) in [6.07, 6.45) is 5.51. The Morgan fingerprint density at radius 2 is 1.94 bits per heavy atom. The summed E-state index contributed by atoms with van der Waals surface area (Å²) in [6.45, 7) is 1.60. The molecule has 0 amide bonds. The van der Waals surface area contributed by atoms with Gasteiger partial charge < -0.3 is 15.9 Å². The average Bonchev–Trinajstić information content (AvgIpc) is 3.41. The van der Waals surface area contributed by atoms with Crippen LogP contribution in [0.3, 0.4) is 0 Å². The number of aliphatic imine (C=N–C) groups is 3. The lowest BCUT2D eigenvalue weighted by Gasteiger charge is -2.40. The predicted molar refractivity (Wildman–Crippen MR) is 125 cm³/mol. The number of nitrogens with one attached hydrogen (secondary N) is 1. The van der Waals surface area contributed by atoms with E-state index in [0.717, 1.165) is 31.4 Å². The number of piperidine rings is 1. The Kier molecular flexibility index (Phi) is 5.58. The zero-order chi connectivity index (χ0) is 22.3. The van der Waals surface area contributed by atoms with Crippen LogP contribution in [0.1, 0.15) is 37.0 Å². The van der Waals surface area contributed by atoms with Gasteiger partial charge in [-0.1, -0.05) is 35.7 Å². The molecule has 4 heterocycles. The SMILES string of the molecule is NC1=NC2=NC(CC3CCCCN3Cc3c(Cl)cccc3Cl)(c3ccco3)NN2C(N)=N1. The van der Waals surface area contributed by atoms with Gasteiger partial charge in [0, 0.05) is 34.6 Å². The summed E-state index contributed by atoms with van der Waals surface area (Å²) in [4.78, 5) is 15.6. The fourth-order valence-electron chi connectivity index (χ4n) is 4.55. The molecular formula is C21H24Cl2N8O. The third-order valence-electron chi connectivity index (χ3n) is 6.09. The standard InChI is InChI=1S/C21H24Cl2N8O/c22-15-6-3-7-16(23)14(15)12-30-9-2-1-5-13(30)11-21(17-8-4-10-32-17)28-20-27-18(24)26-19(25)31(20)29-21/h3-4,6-8,10,13,29H,1-2,5,9,11-12H2,(H4,24,25,26,27,28). The highest BCUT2D eigenvalue weighted by molar-refractivity contribution is 6.35. The lowest BCUT2D eigenvalue weighted by molar-refractivity contribution is 0.0876. The number of fused-ring (bicyclic) bond motifs is 1. The minimum atomic E-state index is -0.891. The molecule has 9 nitrogen and oxygen atoms in total. The molecule has 0 saturated carbocycles. The van der Waals surface area contributed by atoms with Crippen molar-refractivity contribution in [3.05, 3.63) is 58.0 Å². The molecule has 1 aromatic heterocycles. The van der Waals surface area contributed by atoms with E-state index in [1.54, 1.807) is 11.3 Å². The third kappa shape index (κ3) is 3.86. The minimum Gasteiger partial charge on any atom is -0.465 e. The van der Waals surface area contributed by atoms with E-state index < -0.39 is 5.66 Å². The Bertz CT molecular complexity index is 1080. The fraction of sp³-hybridized carbons (Fsp3) is 0.381. The van der Waals surface area contributed by atoms with Crippen molar-refractivity contribution in [2.75, 3.05) is 6.54 Å². The molecule has 2 aromatic rings. The van der Waals surface area contributed by atoms with Crippen LogP contribution in [0.2, 0.25) is 10.0 Å². The highest BCUT2D eigenvalue weighted by atomic mass is 35.5. The number of hydrazine groups is 1. The van der Waals surface area contributed by atoms with Gasteiger partial charge in [-0.25, -0.2) is 10.0 Å². The highest BCUT2D eigenvalue weighted by Gasteiger charge is 2.47. The van der Waals surface area contributed by atoms with Crippen molar-refractivity contribution >= 4 is 41.1 Å². The van der Waals surface area contributed by atoms with Gasteiger partial charge in [0.05, 0.1) is 6.26 Å². The van der Waals surface area contributed by atoms with Crippen LogP contribution in [-0.4, -0.2) is 40.4 Å². The second-order valence-corrected chi connectivity index (χ2v) is 8.98. The monoisotopic (exact) mass is 474 g/mol. The van der Waals surface area contributed by atoms with Crippen LogP contribution in [0.15, 0.2) is 56.0 Å². The van der Waals surface area contributed by atoms with E-state index in [4.69, 9.17) is 44.1 Å². The van der Waals surface area contributed by atoms with Gasteiger partial charge in [-0.3, -0.25) is 4.90 Å². The fourth-order valence-corrected chi connectivity index (χ4v) is 5.07. The molecule has 3 aliphatic heterocycles. The molecule has 3 aliphatic rings. The van der Waals surface area contributed by atoms with E-state index in [9.17, 15) is 0 Å². The molecule has 1 aromatic carbocycles. The van der Waals surface area contributed by atoms with Crippen LogP contribution in [-0.2, 0) is 12.2 Å². The lowest BCUT2D eigenvalue weighted by Crippen LogP contribution is -2.55. The molecule has 0 radical (unpaired) electrons. The number of hydrogen-bond donors (Lipinski definition) is 3. The highest BCUT2D eigenvalue weighted by Crippen LogP contribution is 2.38. The van der Waals surface area contributed by atoms with Crippen molar-refractivity contribution in [3.8, 4) is 0 Å². The molecule has 11 heteroatoms. The van der Waals surface area contributed by atoms with Crippen LogP contribution < -0.4 is 16.9 Å². The normalized spacial score (nSPS) is 25.9. The minimum absolute atomic E-state index is 0.0715. The topological polar surface area (TPSA) is 121 Å². The Labute approximate surface area is 195 Å². The molecular weight excluding hydrogens is 451 g/mol. The number of halogens is 2. The van der Waals surface area contributed by atoms with Crippen LogP contribution in [0.5, 0.6) is 0 Å². The molecule has 5 N–H and O–H groups in total. The van der Waals surface area contributed by atoms with Crippen molar-refractivity contribution in [2.45, 2.75) is 43.9 Å². The smallest absolute Gasteiger partial charge is 0.248 e. The maximum absolute atomic E-state index is 6.47. The number of nitrogens with zero attached hydrogens (tertiary/aromatic N) is 5. The van der Waals surface area contributed by atoms with Crippen LogP contribution in [0.25, 0.3) is 0 Å². The van der Waals surface area contributed by atoms with E-state index in [1.165, 1.54) is 0 Å². The third-order valence-corrected chi connectivity index (χ3v) is 6.80. The molecule has 1 saturated heterocycles. The van der Waals surface area contributed by atoms with Crippen molar-refractivity contribution in [1.82, 2.24) is 15.3 Å². The number of rotatable bonds is 5. The van der Waals surface area contributed by atoms with Gasteiger partial charge in [0.25, 0.3) is 0 Å². The van der Waals surface area contributed by atoms with Gasteiger partial charge >= 0.3 is 0 Å². The van der Waals surface area contributed by atoms with Crippen molar-refractivity contribution in [1.29, 1.82) is 0 Å². The first-order valence-corrected chi connectivity index (χ1v) is 11.3. The van der Waals surface area contributed by atoms with Crippen molar-refractivity contribution < 1.29 is 4.42 Å². The number of benzene rings is 1. The van der Waals surface area contributed by atoms with E-state index in [1.807, 2.05) is 30.3 Å². The van der Waals surface area contributed by atoms with Gasteiger partial charge in [0.15, 0.2) is 5.66 Å². The molecule has 5 rings (SSSR count). The van der Waals surface area contributed by atoms with Crippen LogP contribution >= 0.6 is 23.2 Å². The van der Waals surface area contributed by atoms with Gasteiger partial charge in [0.2, 0.25) is 17.9 Å². The van der Waals surface area contributed by atoms with Gasteiger partial charge in [-0.2, -0.15) is 15.4 Å². The summed E-state index contributed by atoms with van der Waals surface area (Å²) in [6, 6.07) is 9.54. The van der Waals surface area contributed by atoms with Gasteiger partial charge in [0.1, 0.15) is 5.76 Å². The first kappa shape index (κ1) is 21.3. The van der Waals surface area contributed by atoms with E-state index in [-0.39, 0.29) is 18.0 Å². The molecule has 0 aliphatic carbocycles. The summed E-state index contributed by atoms with van der Waals surface area (Å²) >= 11 is 12.9. The molecule has 32 heavy (non-hydrogen) atoms. The summed E-state index contributed by atoms with van der Waals surface area (Å²) < 4.78 is 5.80. The van der Waals surface area contributed by atoms with Crippen LogP contribution in [0.4, 0.5) is 0 Å². The van der Waals surface area contributed by atoms with E-state index >= 15 is 0 Å². The van der Waals surface area contributed by atoms with Gasteiger partial charge in [-0.15, -0.1) is 0 Å². The second kappa shape index (κ2) is 8.40. The molecule has 0 spiro atoms. The van der Waals surface area contributed by atoms with Crippen LogP contribution in [0, 0.1) is 0 Å². The molecule has 2 atom stereocenters. The number of nitrogens with two attached hydrogens (primary N) is 2. The maximum Gasteiger partial charge on any atom is 0.248 e. The van der Waals surface area contributed by atoms with Crippen molar-refractivity contribution in [3.63, 3.8) is 0 Å². The number of hydrogen-bond acceptors (Lipinski definition) is 9. The molecule has 0 bridgehead atoms. The summed E-state index contributed by atoms with van der Waals surface area (Å²) in [5.74, 6) is 1.29. The zero-order valence-corrected chi connectivity index (χ0v) is 18.9. The Hall–Kier alpha value is -2.59. The van der Waals surface area contributed by atoms with E-state index in [0.29, 0.717) is 34.7 Å². The molecule has 2 unspecified atom stereocenters. The largest absolute Gasteiger partial charge is 0.465 e. The first-order chi connectivity index (χ1) is 15.4. The summed E-state index contributed by atoms with van der Waals surface area (Å²) in [5.41, 5.74) is 15.3. The zero-order valence-electron chi connectivity index (χ0n) is 17.3. The Morgan fingerprint density at radius 3 is 2.69 bits per heavy atom. The predicted octanol–water partition coefficient (Wildman–Crippen LogP) is 3.00. The molecule has 168 valence electrons. The summed E-state index contributed by atoms with van der Waals surface area (Å²) in [7, 11) is 0. The quantitative estimate of drug-likeness (QED) is 0.612. The Morgan fingerprint density at radius 1 is 1.12 bits per heavy atom. The van der Waals surface area contributed by atoms with E-state index in [2.05, 4.69) is 20.3 Å². The van der Waals surface area contributed by atoms with Crippen molar-refractivity contribution in [2.24, 2.45) is 26.4 Å². The first-order valence-electron chi connectivity index (χ1n) is 10.5. The second-order valence-electron chi connectivity index (χ2n) is 8.16. The number of guanidine groups is 3. The summed E-state index contributed by atoms with van der Waals surface area (Å²) in [5, 5.41) is 2.90. The molecule has 1 fully saturated rings. The number of furan rings is 1. The maximum atomic E-state index is 6.47. The lowest BCUT2D eigenvalue weighted by atomic mass is 9.91. The van der Waals surface area contributed by atoms with Gasteiger partial charge in [-0.05, 0) is 43.7 Å².